The first-order valence-corrected chi connectivity index (χ1v) is 11.0. The number of aromatic nitrogens is 2. The Hall–Kier alpha value is -4.12. The standard InChI is InChI=1S/C28H28N4O/c1-21(31-28-20-29-19-27(32-28)24-13-9-15-26(17-24)33-2)23-12-8-14-25(16-23)30-18-22-10-6-4-3-5-7-11-22/h3-17,19-21,30H,18H2,1-2H3,(H,31,32)/b4-3+,5-3?,6-4?,7-5+,10-6?,11-7?,22-10?,22-11?/t21-/m0/s1. The predicted octanol–water partition coefficient (Wildman–Crippen LogP) is 6.35. The van der Waals surface area contributed by atoms with Crippen LogP contribution in [0.15, 0.2) is 109 Å². The number of allylic oxidation sites excluding steroid dienone is 6. The number of rotatable bonds is 8. The predicted molar refractivity (Wildman–Crippen MR) is 136 cm³/mol. The lowest BCUT2D eigenvalue weighted by atomic mass is 10.1. The van der Waals surface area contributed by atoms with Gasteiger partial charge in [0.05, 0.1) is 31.2 Å². The molecule has 1 aliphatic carbocycles. The number of nitrogens with zero attached hydrogens (tertiary/aromatic N) is 2. The third-order valence-corrected chi connectivity index (χ3v) is 5.31. The molecular formula is C28H28N4O. The zero-order valence-electron chi connectivity index (χ0n) is 18.9. The summed E-state index contributed by atoms with van der Waals surface area (Å²) < 4.78 is 5.33. The van der Waals surface area contributed by atoms with Gasteiger partial charge in [-0.15, -0.1) is 0 Å². The van der Waals surface area contributed by atoms with Crippen LogP contribution in [-0.2, 0) is 0 Å². The molecule has 5 heteroatoms. The lowest BCUT2D eigenvalue weighted by molar-refractivity contribution is 0.415. The number of benzene rings is 2. The number of nitrogens with one attached hydrogen (secondary N) is 2. The maximum Gasteiger partial charge on any atom is 0.145 e. The van der Waals surface area contributed by atoms with Gasteiger partial charge in [-0.3, -0.25) is 4.98 Å². The highest BCUT2D eigenvalue weighted by atomic mass is 16.5. The number of ether oxygens (including phenoxy) is 1. The Morgan fingerprint density at radius 1 is 0.939 bits per heavy atom. The molecule has 0 amide bonds. The third kappa shape index (κ3) is 6.20. The van der Waals surface area contributed by atoms with Crippen LogP contribution in [0.4, 0.5) is 11.5 Å². The molecule has 2 aromatic carbocycles. The summed E-state index contributed by atoms with van der Waals surface area (Å²) in [7, 11) is 1.66. The Morgan fingerprint density at radius 2 is 1.79 bits per heavy atom. The second-order valence-corrected chi connectivity index (χ2v) is 7.74. The minimum Gasteiger partial charge on any atom is -0.497 e. The van der Waals surface area contributed by atoms with Crippen LogP contribution in [-0.4, -0.2) is 23.6 Å². The lowest BCUT2D eigenvalue weighted by Gasteiger charge is -2.17. The molecule has 1 atom stereocenters. The van der Waals surface area contributed by atoms with E-state index < -0.39 is 0 Å². The highest BCUT2D eigenvalue weighted by Crippen LogP contribution is 2.25. The van der Waals surface area contributed by atoms with Crippen molar-refractivity contribution in [2.75, 3.05) is 24.3 Å². The van der Waals surface area contributed by atoms with Crippen LogP contribution in [0.3, 0.4) is 0 Å². The van der Waals surface area contributed by atoms with Crippen molar-refractivity contribution < 1.29 is 4.74 Å². The fraction of sp³-hybridized carbons (Fsp3) is 0.143. The Balaban J connectivity index is 1.43. The van der Waals surface area contributed by atoms with E-state index in [4.69, 9.17) is 9.72 Å². The minimum atomic E-state index is 0.0650. The first-order valence-electron chi connectivity index (χ1n) is 11.0. The highest BCUT2D eigenvalue weighted by Gasteiger charge is 2.09. The summed E-state index contributed by atoms with van der Waals surface area (Å²) in [4.78, 5) is 9.12. The minimum absolute atomic E-state index is 0.0650. The second-order valence-electron chi connectivity index (χ2n) is 7.74. The summed E-state index contributed by atoms with van der Waals surface area (Å²) in [5, 5.41) is 6.99. The van der Waals surface area contributed by atoms with Gasteiger partial charge in [0, 0.05) is 17.8 Å². The molecule has 0 fully saturated rings. The molecule has 0 saturated carbocycles. The van der Waals surface area contributed by atoms with Gasteiger partial charge in [-0.05, 0) is 42.3 Å². The molecule has 3 aromatic rings. The van der Waals surface area contributed by atoms with Crippen molar-refractivity contribution in [1.82, 2.24) is 9.97 Å². The van der Waals surface area contributed by atoms with E-state index in [1.807, 2.05) is 42.5 Å². The van der Waals surface area contributed by atoms with E-state index in [2.05, 4.69) is 71.1 Å². The fourth-order valence-electron chi connectivity index (χ4n) is 3.51. The van der Waals surface area contributed by atoms with Gasteiger partial charge in [0.15, 0.2) is 0 Å². The molecular weight excluding hydrogens is 408 g/mol. The molecule has 33 heavy (non-hydrogen) atoms. The molecule has 0 saturated heterocycles. The topological polar surface area (TPSA) is 59.1 Å². The van der Waals surface area contributed by atoms with Crippen LogP contribution in [0, 0.1) is 0 Å². The van der Waals surface area contributed by atoms with Crippen LogP contribution in [0.25, 0.3) is 11.3 Å². The molecule has 0 spiro atoms. The Labute approximate surface area is 195 Å². The van der Waals surface area contributed by atoms with E-state index in [1.54, 1.807) is 19.5 Å². The van der Waals surface area contributed by atoms with E-state index in [0.29, 0.717) is 0 Å². The molecule has 1 aromatic heterocycles. The second kappa shape index (κ2) is 11.0. The van der Waals surface area contributed by atoms with E-state index in [0.717, 1.165) is 35.1 Å². The largest absolute Gasteiger partial charge is 0.497 e. The zero-order valence-corrected chi connectivity index (χ0v) is 18.9. The fourth-order valence-corrected chi connectivity index (χ4v) is 3.51. The van der Waals surface area contributed by atoms with Crippen LogP contribution in [0.5, 0.6) is 5.75 Å². The van der Waals surface area contributed by atoms with E-state index >= 15 is 0 Å². The summed E-state index contributed by atoms with van der Waals surface area (Å²) in [6.07, 6.45) is 17.9. The van der Waals surface area contributed by atoms with Gasteiger partial charge in [-0.25, -0.2) is 4.98 Å². The van der Waals surface area contributed by atoms with Crippen molar-refractivity contribution >= 4 is 11.5 Å². The molecule has 166 valence electrons. The number of methoxy groups -OCH3 is 1. The summed E-state index contributed by atoms with van der Waals surface area (Å²) in [6.45, 7) is 2.88. The van der Waals surface area contributed by atoms with Crippen molar-refractivity contribution in [1.29, 1.82) is 0 Å². The van der Waals surface area contributed by atoms with E-state index in [1.165, 1.54) is 11.1 Å². The molecule has 4 rings (SSSR count). The Kier molecular flexibility index (Phi) is 7.33. The maximum atomic E-state index is 5.33. The molecule has 0 aliphatic heterocycles. The van der Waals surface area contributed by atoms with Crippen molar-refractivity contribution in [2.24, 2.45) is 0 Å². The van der Waals surface area contributed by atoms with Gasteiger partial charge in [0.1, 0.15) is 11.6 Å². The molecule has 1 aliphatic rings. The summed E-state index contributed by atoms with van der Waals surface area (Å²) in [5.74, 6) is 1.52. The molecule has 2 N–H and O–H groups in total. The van der Waals surface area contributed by atoms with Gasteiger partial charge in [0.25, 0.3) is 0 Å². The molecule has 0 radical (unpaired) electrons. The van der Waals surface area contributed by atoms with Crippen LogP contribution >= 0.6 is 0 Å². The summed E-state index contributed by atoms with van der Waals surface area (Å²) >= 11 is 0. The van der Waals surface area contributed by atoms with Gasteiger partial charge in [-0.1, -0.05) is 66.8 Å². The van der Waals surface area contributed by atoms with E-state index in [9.17, 15) is 0 Å². The van der Waals surface area contributed by atoms with Gasteiger partial charge >= 0.3 is 0 Å². The number of hydrogen-bond acceptors (Lipinski definition) is 5. The molecule has 1 heterocycles. The smallest absolute Gasteiger partial charge is 0.145 e. The quantitative estimate of drug-likeness (QED) is 0.431. The van der Waals surface area contributed by atoms with Gasteiger partial charge in [-0.2, -0.15) is 0 Å². The van der Waals surface area contributed by atoms with Crippen LogP contribution < -0.4 is 15.4 Å². The summed E-state index contributed by atoms with van der Waals surface area (Å²) in [6, 6.07) is 16.3. The number of anilines is 2. The zero-order chi connectivity index (χ0) is 22.9. The first kappa shape index (κ1) is 22.1. The first-order chi connectivity index (χ1) is 16.2. The lowest BCUT2D eigenvalue weighted by Crippen LogP contribution is -2.10. The van der Waals surface area contributed by atoms with Crippen LogP contribution in [0.1, 0.15) is 18.5 Å². The third-order valence-electron chi connectivity index (χ3n) is 5.31. The number of hydrogen-bond donors (Lipinski definition) is 2. The van der Waals surface area contributed by atoms with E-state index in [-0.39, 0.29) is 6.04 Å². The molecule has 5 nitrogen and oxygen atoms in total. The highest BCUT2D eigenvalue weighted by molar-refractivity contribution is 5.62. The van der Waals surface area contributed by atoms with Crippen molar-refractivity contribution in [3.05, 3.63) is 115 Å². The Bertz CT molecular complexity index is 1210. The monoisotopic (exact) mass is 436 g/mol. The molecule has 0 bridgehead atoms. The van der Waals surface area contributed by atoms with Crippen molar-refractivity contribution in [2.45, 2.75) is 13.0 Å². The van der Waals surface area contributed by atoms with Gasteiger partial charge < -0.3 is 15.4 Å². The Morgan fingerprint density at radius 3 is 2.70 bits per heavy atom. The van der Waals surface area contributed by atoms with Crippen LogP contribution in [0.2, 0.25) is 0 Å². The van der Waals surface area contributed by atoms with Crippen molar-refractivity contribution in [3.63, 3.8) is 0 Å². The van der Waals surface area contributed by atoms with Crippen molar-refractivity contribution in [3.8, 4) is 17.0 Å². The average molecular weight is 437 g/mol. The average Bonchev–Trinajstić information content (AvgIpc) is 2.84. The maximum absolute atomic E-state index is 5.33. The molecule has 0 unspecified atom stereocenters. The van der Waals surface area contributed by atoms with Gasteiger partial charge in [0.2, 0.25) is 0 Å². The summed E-state index contributed by atoms with van der Waals surface area (Å²) in [5.41, 5.74) is 5.22. The normalized spacial score (nSPS) is 15.5. The SMILES string of the molecule is COc1cccc(-c2cncc(N[C@@H](C)c3cccc(NCC4=C/C=C/C=C/C=C4)c3)n2)c1.